The first-order valence-corrected chi connectivity index (χ1v) is 12.9. The summed E-state index contributed by atoms with van der Waals surface area (Å²) in [6.07, 6.45) is 10.8. The van der Waals surface area contributed by atoms with Crippen molar-refractivity contribution in [2.45, 2.75) is 90.3 Å². The van der Waals surface area contributed by atoms with Gasteiger partial charge in [0.15, 0.2) is 17.7 Å². The lowest BCUT2D eigenvalue weighted by Gasteiger charge is -2.17. The second-order valence-corrected chi connectivity index (χ2v) is 8.73. The molecule has 0 aliphatic rings. The van der Waals surface area contributed by atoms with E-state index in [4.69, 9.17) is 9.47 Å². The van der Waals surface area contributed by atoms with Crippen LogP contribution in [0.5, 0.6) is 5.75 Å². The van der Waals surface area contributed by atoms with Gasteiger partial charge in [0.1, 0.15) is 0 Å². The van der Waals surface area contributed by atoms with Gasteiger partial charge in [0.05, 0.1) is 19.0 Å². The largest absolute Gasteiger partial charge is 0.490 e. The first-order valence-electron chi connectivity index (χ1n) is 12.9. The summed E-state index contributed by atoms with van der Waals surface area (Å²) >= 11 is 0. The van der Waals surface area contributed by atoms with Crippen molar-refractivity contribution < 1.29 is 22.6 Å². The van der Waals surface area contributed by atoms with Crippen molar-refractivity contribution in [1.29, 1.82) is 0 Å². The van der Waals surface area contributed by atoms with E-state index in [1.807, 2.05) is 6.92 Å². The van der Waals surface area contributed by atoms with Gasteiger partial charge in [-0.05, 0) is 24.5 Å². The van der Waals surface area contributed by atoms with Gasteiger partial charge >= 0.3 is 6.18 Å². The van der Waals surface area contributed by atoms with Crippen LogP contribution in [0.2, 0.25) is 0 Å². The number of ether oxygens (including phenoxy) is 2. The highest BCUT2D eigenvalue weighted by atomic mass is 19.4. The number of aromatic nitrogens is 2. The molecule has 0 amide bonds. The minimum atomic E-state index is -4.43. The van der Waals surface area contributed by atoms with Crippen molar-refractivity contribution in [2.24, 2.45) is 0 Å². The summed E-state index contributed by atoms with van der Waals surface area (Å²) < 4.78 is 50.2. The Bertz CT molecular complexity index is 837. The van der Waals surface area contributed by atoms with Crippen LogP contribution >= 0.6 is 0 Å². The van der Waals surface area contributed by atoms with E-state index in [1.54, 1.807) is 36.7 Å². The number of hydrogen-bond acceptors (Lipinski definition) is 4. The Kier molecular flexibility index (Phi) is 13.4. The van der Waals surface area contributed by atoms with Crippen LogP contribution in [0.1, 0.15) is 83.6 Å². The molecule has 0 aliphatic carbocycles. The number of hydrogen-bond donors (Lipinski definition) is 0. The van der Waals surface area contributed by atoms with Crippen LogP contribution in [0.3, 0.4) is 0 Å². The molecule has 35 heavy (non-hydrogen) atoms. The molecule has 0 bridgehead atoms. The summed E-state index contributed by atoms with van der Waals surface area (Å²) in [6.45, 7) is 4.87. The standard InChI is InChI=1S/C28H39F3N2O2/c1-3-5-7-8-9-10-11-12-20-34-25-21-32-27(33-22-25)24-16-13-23(14-17-24)15-18-26(28(29,30)31)35-19-6-4-2/h13-18,21-22,26H,3-12,19-20H2,1-2H3. The molecule has 0 aliphatic heterocycles. The van der Waals surface area contributed by atoms with Gasteiger partial charge in [-0.3, -0.25) is 0 Å². The number of unbranched alkanes of at least 4 members (excludes halogenated alkanes) is 8. The Labute approximate surface area is 208 Å². The van der Waals surface area contributed by atoms with Crippen LogP contribution in [0, 0.1) is 0 Å². The van der Waals surface area contributed by atoms with E-state index in [2.05, 4.69) is 16.9 Å². The van der Waals surface area contributed by atoms with E-state index in [1.165, 1.54) is 51.0 Å². The third-order valence-corrected chi connectivity index (χ3v) is 5.65. The Morgan fingerprint density at radius 2 is 1.40 bits per heavy atom. The van der Waals surface area contributed by atoms with Gasteiger partial charge in [0.25, 0.3) is 0 Å². The zero-order chi connectivity index (χ0) is 25.4. The highest BCUT2D eigenvalue weighted by Crippen LogP contribution is 2.25. The van der Waals surface area contributed by atoms with Gasteiger partial charge in [-0.25, -0.2) is 9.97 Å². The summed E-state index contributed by atoms with van der Waals surface area (Å²) in [5.41, 5.74) is 1.43. The molecule has 0 saturated heterocycles. The minimum absolute atomic E-state index is 0.0835. The fraction of sp³-hybridized carbons (Fsp3) is 0.571. The molecule has 1 atom stereocenters. The maximum atomic E-state index is 13.1. The van der Waals surface area contributed by atoms with Gasteiger partial charge in [-0.15, -0.1) is 0 Å². The molecule has 0 N–H and O–H groups in total. The molecule has 4 nitrogen and oxygen atoms in total. The van der Waals surface area contributed by atoms with E-state index in [9.17, 15) is 13.2 Å². The smallest absolute Gasteiger partial charge is 0.418 e. The van der Waals surface area contributed by atoms with Gasteiger partial charge in [0, 0.05) is 12.2 Å². The van der Waals surface area contributed by atoms with Crippen molar-refractivity contribution >= 4 is 6.08 Å². The lowest BCUT2D eigenvalue weighted by Crippen LogP contribution is -2.30. The normalized spacial score (nSPS) is 12.8. The molecular formula is C28H39F3N2O2. The number of alkyl halides is 3. The Morgan fingerprint density at radius 1 is 0.800 bits per heavy atom. The zero-order valence-corrected chi connectivity index (χ0v) is 21.0. The second kappa shape index (κ2) is 16.3. The summed E-state index contributed by atoms with van der Waals surface area (Å²) in [7, 11) is 0. The topological polar surface area (TPSA) is 44.2 Å². The van der Waals surface area contributed by atoms with Gasteiger partial charge in [-0.2, -0.15) is 13.2 Å². The third kappa shape index (κ3) is 11.7. The van der Waals surface area contributed by atoms with Crippen molar-refractivity contribution in [2.75, 3.05) is 13.2 Å². The first-order chi connectivity index (χ1) is 16.9. The van der Waals surface area contributed by atoms with E-state index in [-0.39, 0.29) is 6.61 Å². The Morgan fingerprint density at radius 3 is 2.00 bits per heavy atom. The summed E-state index contributed by atoms with van der Waals surface area (Å²) in [5.74, 6) is 1.17. The lowest BCUT2D eigenvalue weighted by molar-refractivity contribution is -0.203. The molecule has 2 aromatic rings. The predicted octanol–water partition coefficient (Wildman–Crippen LogP) is 8.42. The number of rotatable bonds is 17. The first kappa shape index (κ1) is 28.8. The zero-order valence-electron chi connectivity index (χ0n) is 21.0. The maximum Gasteiger partial charge on any atom is 0.418 e. The second-order valence-electron chi connectivity index (χ2n) is 8.73. The predicted molar refractivity (Wildman–Crippen MR) is 135 cm³/mol. The number of benzene rings is 1. The lowest BCUT2D eigenvalue weighted by atomic mass is 10.1. The molecule has 2 rings (SSSR count). The minimum Gasteiger partial charge on any atom is -0.490 e. The molecular weight excluding hydrogens is 453 g/mol. The number of nitrogens with zero attached hydrogens (tertiary/aromatic N) is 2. The molecule has 0 spiro atoms. The Hall–Kier alpha value is -2.41. The maximum absolute atomic E-state index is 13.1. The fourth-order valence-electron chi connectivity index (χ4n) is 3.52. The highest BCUT2D eigenvalue weighted by Gasteiger charge is 2.38. The summed E-state index contributed by atoms with van der Waals surface area (Å²) in [5, 5.41) is 0. The average molecular weight is 493 g/mol. The molecule has 7 heteroatoms. The SMILES string of the molecule is CCCCCCCCCCOc1cnc(-c2ccc(C=CC(OCCCC)C(F)(F)F)cc2)nc1. The van der Waals surface area contributed by atoms with Gasteiger partial charge in [0.2, 0.25) is 0 Å². The average Bonchev–Trinajstić information content (AvgIpc) is 2.85. The molecule has 0 fully saturated rings. The van der Waals surface area contributed by atoms with E-state index < -0.39 is 12.3 Å². The summed E-state index contributed by atoms with van der Waals surface area (Å²) in [6, 6.07) is 7.05. The third-order valence-electron chi connectivity index (χ3n) is 5.65. The molecule has 1 aromatic heterocycles. The molecule has 0 radical (unpaired) electrons. The van der Waals surface area contributed by atoms with Crippen molar-refractivity contribution in [3.8, 4) is 17.1 Å². The van der Waals surface area contributed by atoms with Crippen molar-refractivity contribution in [3.63, 3.8) is 0 Å². The van der Waals surface area contributed by atoms with Crippen LogP contribution in [-0.4, -0.2) is 35.5 Å². The van der Waals surface area contributed by atoms with Crippen LogP contribution in [0.15, 0.2) is 42.7 Å². The molecule has 194 valence electrons. The van der Waals surface area contributed by atoms with E-state index in [0.29, 0.717) is 30.2 Å². The quantitative estimate of drug-likeness (QED) is 0.208. The van der Waals surface area contributed by atoms with Crippen LogP contribution in [0.25, 0.3) is 17.5 Å². The molecule has 1 aromatic carbocycles. The van der Waals surface area contributed by atoms with Crippen LogP contribution in [0.4, 0.5) is 13.2 Å². The monoisotopic (exact) mass is 492 g/mol. The van der Waals surface area contributed by atoms with Gasteiger partial charge < -0.3 is 9.47 Å². The van der Waals surface area contributed by atoms with Crippen LogP contribution < -0.4 is 4.74 Å². The molecule has 1 unspecified atom stereocenters. The van der Waals surface area contributed by atoms with E-state index in [0.717, 1.165) is 24.5 Å². The highest BCUT2D eigenvalue weighted by molar-refractivity contribution is 5.60. The van der Waals surface area contributed by atoms with E-state index >= 15 is 0 Å². The molecule has 1 heterocycles. The fourth-order valence-corrected chi connectivity index (χ4v) is 3.52. The molecule has 0 saturated carbocycles. The van der Waals surface area contributed by atoms with Crippen molar-refractivity contribution in [3.05, 3.63) is 48.3 Å². The Balaban J connectivity index is 1.79. The van der Waals surface area contributed by atoms with Crippen molar-refractivity contribution in [1.82, 2.24) is 9.97 Å². The summed E-state index contributed by atoms with van der Waals surface area (Å²) in [4.78, 5) is 8.72. The number of halogens is 3. The van der Waals surface area contributed by atoms with Crippen LogP contribution in [-0.2, 0) is 4.74 Å². The van der Waals surface area contributed by atoms with Gasteiger partial charge in [-0.1, -0.05) is 95.6 Å².